The average Bonchev–Trinajstić information content (AvgIpc) is 3.57. The molecule has 0 amide bonds. The summed E-state index contributed by atoms with van der Waals surface area (Å²) >= 11 is 0. The molecule has 0 saturated carbocycles. The molecule has 0 spiro atoms. The molecule has 0 saturated heterocycles. The van der Waals surface area contributed by atoms with Crippen LogP contribution in [0.3, 0.4) is 0 Å². The van der Waals surface area contributed by atoms with Crippen LogP contribution in [0.1, 0.15) is 25.8 Å². The molecular weight excluding hydrogens is 408 g/mol. The lowest BCUT2D eigenvalue weighted by Gasteiger charge is -2.11. The van der Waals surface area contributed by atoms with Crippen LogP contribution >= 0.6 is 0 Å². The van der Waals surface area contributed by atoms with E-state index in [1.54, 1.807) is 0 Å². The molecule has 1 aromatic carbocycles. The normalized spacial score (nSPS) is 13.4. The molecule has 0 fully saturated rings. The van der Waals surface area contributed by atoms with Gasteiger partial charge in [0.25, 0.3) is 0 Å². The lowest BCUT2D eigenvalue weighted by atomic mass is 10.0. The number of nitrogens with one attached hydrogen (secondary N) is 3. The zero-order valence-corrected chi connectivity index (χ0v) is 18.6. The highest BCUT2D eigenvalue weighted by Gasteiger charge is 2.15. The minimum Gasteiger partial charge on any atom is -0.382 e. The van der Waals surface area contributed by atoms with Crippen LogP contribution in [0.4, 0.5) is 5.69 Å². The molecule has 33 heavy (non-hydrogen) atoms. The first-order valence-electron chi connectivity index (χ1n) is 11.2. The van der Waals surface area contributed by atoms with Crippen LogP contribution in [0.15, 0.2) is 73.2 Å². The van der Waals surface area contributed by atoms with E-state index < -0.39 is 0 Å². The standard InChI is InChI=1S/C27H24N6/c1-16(2)30-20-11-19(14-28-15-20)18-7-8-24-23(12-18)26(33-32-24)25-13-22-21(17-5-3-4-6-17)9-10-29-27(22)31-25/h3,5-16,30H,4H2,1-2H3,(H,29,31)(H,32,33). The predicted octanol–water partition coefficient (Wildman–Crippen LogP) is 6.33. The SMILES string of the molecule is CC(C)Nc1cncc(-c2ccc3[nH]nc(-c4cc5c(C6=CCC=C6)ccnc5[nH]4)c3c2)c1. The number of H-pyrrole nitrogens is 2. The van der Waals surface area contributed by atoms with Gasteiger partial charge in [-0.2, -0.15) is 5.10 Å². The Bertz CT molecular complexity index is 1550. The van der Waals surface area contributed by atoms with Crippen molar-refractivity contribution in [3.05, 3.63) is 78.8 Å². The summed E-state index contributed by atoms with van der Waals surface area (Å²) in [5.41, 5.74) is 9.30. The van der Waals surface area contributed by atoms with Crippen LogP contribution in [0.2, 0.25) is 0 Å². The van der Waals surface area contributed by atoms with Crippen LogP contribution < -0.4 is 5.32 Å². The van der Waals surface area contributed by atoms with E-state index in [1.807, 2.05) is 18.6 Å². The first-order valence-corrected chi connectivity index (χ1v) is 11.2. The van der Waals surface area contributed by atoms with Crippen molar-refractivity contribution in [2.45, 2.75) is 26.3 Å². The number of fused-ring (bicyclic) bond motifs is 2. The quantitative estimate of drug-likeness (QED) is 0.303. The van der Waals surface area contributed by atoms with E-state index in [9.17, 15) is 0 Å². The molecule has 6 rings (SSSR count). The van der Waals surface area contributed by atoms with E-state index in [1.165, 1.54) is 11.1 Å². The highest BCUT2D eigenvalue weighted by atomic mass is 15.1. The molecule has 0 unspecified atom stereocenters. The first-order chi connectivity index (χ1) is 16.2. The Hall–Kier alpha value is -4.19. The van der Waals surface area contributed by atoms with Gasteiger partial charge in [0, 0.05) is 41.0 Å². The third-order valence-electron chi connectivity index (χ3n) is 5.96. The van der Waals surface area contributed by atoms with Crippen LogP contribution in [-0.4, -0.2) is 31.2 Å². The fourth-order valence-corrected chi connectivity index (χ4v) is 4.47. The summed E-state index contributed by atoms with van der Waals surface area (Å²) in [5.74, 6) is 0. The number of rotatable bonds is 5. The maximum Gasteiger partial charge on any atom is 0.138 e. The molecule has 5 aromatic rings. The number of pyridine rings is 2. The van der Waals surface area contributed by atoms with E-state index in [0.717, 1.165) is 56.6 Å². The van der Waals surface area contributed by atoms with Gasteiger partial charge in [-0.05, 0) is 67.3 Å². The van der Waals surface area contributed by atoms with Crippen molar-refractivity contribution in [3.8, 4) is 22.5 Å². The number of hydrogen-bond donors (Lipinski definition) is 3. The Kier molecular flexibility index (Phi) is 4.57. The second-order valence-corrected chi connectivity index (χ2v) is 8.70. The summed E-state index contributed by atoms with van der Waals surface area (Å²) in [4.78, 5) is 12.5. The fourth-order valence-electron chi connectivity index (χ4n) is 4.47. The molecule has 4 heterocycles. The van der Waals surface area contributed by atoms with Crippen LogP contribution in [0.25, 0.3) is 50.0 Å². The molecule has 162 valence electrons. The van der Waals surface area contributed by atoms with Gasteiger partial charge in [0.2, 0.25) is 0 Å². The Morgan fingerprint density at radius 2 is 1.94 bits per heavy atom. The highest BCUT2D eigenvalue weighted by Crippen LogP contribution is 2.34. The summed E-state index contributed by atoms with van der Waals surface area (Å²) in [6.45, 7) is 4.24. The molecule has 0 radical (unpaired) electrons. The van der Waals surface area contributed by atoms with Gasteiger partial charge in [-0.15, -0.1) is 0 Å². The van der Waals surface area contributed by atoms with Gasteiger partial charge in [-0.1, -0.05) is 24.3 Å². The fraction of sp³-hybridized carbons (Fsp3) is 0.148. The van der Waals surface area contributed by atoms with Crippen LogP contribution in [-0.2, 0) is 0 Å². The molecule has 6 heteroatoms. The van der Waals surface area contributed by atoms with Gasteiger partial charge in [0.1, 0.15) is 11.3 Å². The molecule has 4 aromatic heterocycles. The van der Waals surface area contributed by atoms with Crippen LogP contribution in [0.5, 0.6) is 0 Å². The zero-order chi connectivity index (χ0) is 22.4. The minimum absolute atomic E-state index is 0.348. The van der Waals surface area contributed by atoms with Gasteiger partial charge in [-0.3, -0.25) is 10.1 Å². The van der Waals surface area contributed by atoms with Crippen molar-refractivity contribution in [2.24, 2.45) is 0 Å². The molecule has 1 aliphatic rings. The third-order valence-corrected chi connectivity index (χ3v) is 5.96. The van der Waals surface area contributed by atoms with Gasteiger partial charge in [0.15, 0.2) is 0 Å². The molecule has 6 nitrogen and oxygen atoms in total. The van der Waals surface area contributed by atoms with Crippen molar-refractivity contribution in [3.63, 3.8) is 0 Å². The Morgan fingerprint density at radius 3 is 2.79 bits per heavy atom. The lowest BCUT2D eigenvalue weighted by Crippen LogP contribution is -2.09. The number of aromatic amines is 2. The maximum atomic E-state index is 4.64. The Morgan fingerprint density at radius 1 is 1.00 bits per heavy atom. The topological polar surface area (TPSA) is 82.3 Å². The average molecular weight is 433 g/mol. The highest BCUT2D eigenvalue weighted by molar-refractivity contribution is 6.00. The van der Waals surface area contributed by atoms with Gasteiger partial charge >= 0.3 is 0 Å². The molecule has 0 bridgehead atoms. The predicted molar refractivity (Wildman–Crippen MR) is 135 cm³/mol. The molecular formula is C27H24N6. The Labute approximate surface area is 191 Å². The number of hydrogen-bond acceptors (Lipinski definition) is 4. The lowest BCUT2D eigenvalue weighted by molar-refractivity contribution is 0.898. The molecule has 0 atom stereocenters. The maximum absolute atomic E-state index is 4.64. The summed E-state index contributed by atoms with van der Waals surface area (Å²) in [7, 11) is 0. The molecule has 0 aliphatic heterocycles. The Balaban J connectivity index is 1.45. The van der Waals surface area contributed by atoms with Crippen molar-refractivity contribution < 1.29 is 0 Å². The number of nitrogens with zero attached hydrogens (tertiary/aromatic N) is 3. The van der Waals surface area contributed by atoms with E-state index in [4.69, 9.17) is 0 Å². The van der Waals surface area contributed by atoms with Crippen LogP contribution in [0, 0.1) is 0 Å². The van der Waals surface area contributed by atoms with Crippen molar-refractivity contribution in [1.29, 1.82) is 0 Å². The van der Waals surface area contributed by atoms with E-state index in [0.29, 0.717) is 6.04 Å². The van der Waals surface area contributed by atoms with Crippen molar-refractivity contribution >= 4 is 33.2 Å². The third kappa shape index (κ3) is 3.49. The van der Waals surface area contributed by atoms with E-state index in [2.05, 4.69) is 98.9 Å². The summed E-state index contributed by atoms with van der Waals surface area (Å²) in [6, 6.07) is 13.1. The number of aromatic nitrogens is 5. The largest absolute Gasteiger partial charge is 0.382 e. The minimum atomic E-state index is 0.348. The number of anilines is 1. The monoisotopic (exact) mass is 432 g/mol. The van der Waals surface area contributed by atoms with Crippen molar-refractivity contribution in [1.82, 2.24) is 25.1 Å². The summed E-state index contributed by atoms with van der Waals surface area (Å²) in [5, 5.41) is 13.4. The van der Waals surface area contributed by atoms with Gasteiger partial charge < -0.3 is 10.3 Å². The van der Waals surface area contributed by atoms with Gasteiger partial charge in [0.05, 0.1) is 16.9 Å². The molecule has 1 aliphatic carbocycles. The number of allylic oxidation sites excluding steroid dienone is 4. The second kappa shape index (κ2) is 7.74. The second-order valence-electron chi connectivity index (χ2n) is 8.70. The first kappa shape index (κ1) is 19.5. The zero-order valence-electron chi connectivity index (χ0n) is 18.6. The summed E-state index contributed by atoms with van der Waals surface area (Å²) in [6.07, 6.45) is 13.2. The van der Waals surface area contributed by atoms with E-state index in [-0.39, 0.29) is 0 Å². The van der Waals surface area contributed by atoms with Gasteiger partial charge in [-0.25, -0.2) is 4.98 Å². The summed E-state index contributed by atoms with van der Waals surface area (Å²) < 4.78 is 0. The number of benzene rings is 1. The van der Waals surface area contributed by atoms with Crippen molar-refractivity contribution in [2.75, 3.05) is 5.32 Å². The smallest absolute Gasteiger partial charge is 0.138 e. The molecule has 3 N–H and O–H groups in total. The van der Waals surface area contributed by atoms with E-state index >= 15 is 0 Å².